The van der Waals surface area contributed by atoms with E-state index in [2.05, 4.69) is 4.98 Å². The Morgan fingerprint density at radius 2 is 2.31 bits per heavy atom. The molecule has 1 heterocycles. The molecule has 0 atom stereocenters. The number of methoxy groups -OCH3 is 1. The van der Waals surface area contributed by atoms with Crippen molar-refractivity contribution in [2.24, 2.45) is 0 Å². The van der Waals surface area contributed by atoms with Crippen LogP contribution in [-0.4, -0.2) is 43.5 Å². The maximum atomic E-state index is 8.96. The molecule has 0 saturated heterocycles. The zero-order valence-corrected chi connectivity index (χ0v) is 9.94. The molecular weight excluding hydrogens is 230 g/mol. The zero-order valence-electron chi connectivity index (χ0n) is 9.19. The van der Waals surface area contributed by atoms with E-state index < -0.39 is 0 Å². The van der Waals surface area contributed by atoms with Gasteiger partial charge in [0.1, 0.15) is 5.82 Å². The fourth-order valence-corrected chi connectivity index (χ4v) is 1.62. The lowest BCUT2D eigenvalue weighted by Crippen LogP contribution is -2.31. The molecule has 0 spiro atoms. The molecule has 0 bridgehead atoms. The number of pyridine rings is 1. The standard InChI is InChI=1S/C10H16ClN3O2/c1-16-5-3-14(2-4-15)10-9(11)6-8(12)7-13-10/h6-7,15H,2-5,12H2,1H3. The summed E-state index contributed by atoms with van der Waals surface area (Å²) in [4.78, 5) is 6.00. The molecule has 0 aliphatic heterocycles. The lowest BCUT2D eigenvalue weighted by Gasteiger charge is -2.23. The predicted octanol–water partition coefficient (Wildman–Crippen LogP) is 0.762. The number of hydrogen-bond acceptors (Lipinski definition) is 5. The third-order valence-electron chi connectivity index (χ3n) is 2.08. The van der Waals surface area contributed by atoms with E-state index in [1.807, 2.05) is 4.90 Å². The average molecular weight is 246 g/mol. The number of aromatic nitrogens is 1. The summed E-state index contributed by atoms with van der Waals surface area (Å²) in [6, 6.07) is 1.64. The summed E-state index contributed by atoms with van der Waals surface area (Å²) in [5, 5.41) is 9.44. The van der Waals surface area contributed by atoms with Crippen LogP contribution in [0.25, 0.3) is 0 Å². The van der Waals surface area contributed by atoms with E-state index >= 15 is 0 Å². The van der Waals surface area contributed by atoms with Crippen molar-refractivity contribution in [1.29, 1.82) is 0 Å². The van der Waals surface area contributed by atoms with Crippen LogP contribution in [-0.2, 0) is 4.74 Å². The first-order chi connectivity index (χ1) is 7.69. The fraction of sp³-hybridized carbons (Fsp3) is 0.500. The number of nitrogens with zero attached hydrogens (tertiary/aromatic N) is 2. The van der Waals surface area contributed by atoms with E-state index in [0.29, 0.717) is 36.2 Å². The van der Waals surface area contributed by atoms with Gasteiger partial charge in [0.2, 0.25) is 0 Å². The third-order valence-corrected chi connectivity index (χ3v) is 2.36. The predicted molar refractivity (Wildman–Crippen MR) is 64.8 cm³/mol. The maximum absolute atomic E-state index is 8.96. The number of aliphatic hydroxyl groups excluding tert-OH is 1. The van der Waals surface area contributed by atoms with E-state index in [-0.39, 0.29) is 6.61 Å². The molecule has 0 unspecified atom stereocenters. The van der Waals surface area contributed by atoms with Crippen LogP contribution in [0.1, 0.15) is 0 Å². The van der Waals surface area contributed by atoms with Crippen LogP contribution < -0.4 is 10.6 Å². The fourth-order valence-electron chi connectivity index (χ4n) is 1.32. The summed E-state index contributed by atoms with van der Waals surface area (Å²) >= 11 is 6.03. The molecule has 6 heteroatoms. The Bertz CT molecular complexity index is 336. The largest absolute Gasteiger partial charge is 0.397 e. The lowest BCUT2D eigenvalue weighted by atomic mass is 10.3. The van der Waals surface area contributed by atoms with Crippen molar-refractivity contribution in [1.82, 2.24) is 4.98 Å². The molecule has 0 fully saturated rings. The molecule has 90 valence electrons. The summed E-state index contributed by atoms with van der Waals surface area (Å²) in [7, 11) is 1.62. The van der Waals surface area contributed by atoms with Crippen LogP contribution in [0.5, 0.6) is 0 Å². The minimum Gasteiger partial charge on any atom is -0.397 e. The number of hydrogen-bond donors (Lipinski definition) is 2. The van der Waals surface area contributed by atoms with Crippen LogP contribution in [0.2, 0.25) is 5.02 Å². The van der Waals surface area contributed by atoms with Gasteiger partial charge in [0.25, 0.3) is 0 Å². The highest BCUT2D eigenvalue weighted by Crippen LogP contribution is 2.24. The normalized spacial score (nSPS) is 10.4. The van der Waals surface area contributed by atoms with Crippen LogP contribution in [0.4, 0.5) is 11.5 Å². The van der Waals surface area contributed by atoms with E-state index in [1.165, 1.54) is 0 Å². The van der Waals surface area contributed by atoms with Crippen molar-refractivity contribution in [3.8, 4) is 0 Å². The van der Waals surface area contributed by atoms with Gasteiger partial charge < -0.3 is 20.5 Å². The monoisotopic (exact) mass is 245 g/mol. The topological polar surface area (TPSA) is 71.6 Å². The minimum atomic E-state index is 0.0338. The number of rotatable bonds is 6. The first-order valence-corrected chi connectivity index (χ1v) is 5.32. The van der Waals surface area contributed by atoms with Crippen LogP contribution in [0.15, 0.2) is 12.3 Å². The van der Waals surface area contributed by atoms with E-state index in [4.69, 9.17) is 27.2 Å². The Balaban J connectivity index is 2.82. The molecule has 1 aromatic rings. The molecule has 0 aliphatic rings. The van der Waals surface area contributed by atoms with Crippen molar-refractivity contribution < 1.29 is 9.84 Å². The average Bonchev–Trinajstić information content (AvgIpc) is 2.25. The Kier molecular flexibility index (Phi) is 5.31. The second-order valence-electron chi connectivity index (χ2n) is 3.28. The molecule has 0 aromatic carbocycles. The van der Waals surface area contributed by atoms with Gasteiger partial charge in [-0.05, 0) is 6.07 Å². The van der Waals surface area contributed by atoms with Gasteiger partial charge in [-0.3, -0.25) is 0 Å². The molecule has 1 rings (SSSR count). The van der Waals surface area contributed by atoms with Crippen molar-refractivity contribution in [2.45, 2.75) is 0 Å². The smallest absolute Gasteiger partial charge is 0.147 e. The van der Waals surface area contributed by atoms with Gasteiger partial charge in [-0.1, -0.05) is 11.6 Å². The highest BCUT2D eigenvalue weighted by molar-refractivity contribution is 6.33. The Hall–Kier alpha value is -1.04. The molecular formula is C10H16ClN3O2. The van der Waals surface area contributed by atoms with Crippen LogP contribution >= 0.6 is 11.6 Å². The number of anilines is 2. The van der Waals surface area contributed by atoms with E-state index in [9.17, 15) is 0 Å². The lowest BCUT2D eigenvalue weighted by molar-refractivity contribution is 0.202. The van der Waals surface area contributed by atoms with Crippen LogP contribution in [0, 0.1) is 0 Å². The molecule has 5 nitrogen and oxygen atoms in total. The van der Waals surface area contributed by atoms with Gasteiger partial charge in [0.05, 0.1) is 30.1 Å². The van der Waals surface area contributed by atoms with Gasteiger partial charge in [-0.25, -0.2) is 4.98 Å². The molecule has 1 aromatic heterocycles. The van der Waals surface area contributed by atoms with Gasteiger partial charge in [0.15, 0.2) is 0 Å². The molecule has 16 heavy (non-hydrogen) atoms. The van der Waals surface area contributed by atoms with Crippen LogP contribution in [0.3, 0.4) is 0 Å². The van der Waals surface area contributed by atoms with Gasteiger partial charge >= 0.3 is 0 Å². The number of halogens is 1. The summed E-state index contributed by atoms with van der Waals surface area (Å²) in [6.45, 7) is 1.65. The summed E-state index contributed by atoms with van der Waals surface area (Å²) in [6.07, 6.45) is 1.54. The third kappa shape index (κ3) is 3.52. The molecule has 0 aliphatic carbocycles. The summed E-state index contributed by atoms with van der Waals surface area (Å²) in [5.41, 5.74) is 6.08. The highest BCUT2D eigenvalue weighted by Gasteiger charge is 2.11. The first kappa shape index (κ1) is 13.0. The van der Waals surface area contributed by atoms with Crippen molar-refractivity contribution in [3.05, 3.63) is 17.3 Å². The van der Waals surface area contributed by atoms with Gasteiger partial charge in [-0.15, -0.1) is 0 Å². The van der Waals surface area contributed by atoms with Gasteiger partial charge in [0, 0.05) is 20.2 Å². The summed E-state index contributed by atoms with van der Waals surface area (Å²) < 4.78 is 4.98. The Morgan fingerprint density at radius 1 is 1.56 bits per heavy atom. The Morgan fingerprint density at radius 3 is 2.88 bits per heavy atom. The second-order valence-corrected chi connectivity index (χ2v) is 3.68. The maximum Gasteiger partial charge on any atom is 0.147 e. The number of aliphatic hydroxyl groups is 1. The second kappa shape index (κ2) is 6.52. The first-order valence-electron chi connectivity index (χ1n) is 4.94. The quantitative estimate of drug-likeness (QED) is 0.774. The summed E-state index contributed by atoms with van der Waals surface area (Å²) in [5.74, 6) is 0.613. The molecule has 0 amide bonds. The number of nitrogen functional groups attached to an aromatic ring is 1. The van der Waals surface area contributed by atoms with Crippen molar-refractivity contribution in [3.63, 3.8) is 0 Å². The van der Waals surface area contributed by atoms with E-state index in [1.54, 1.807) is 19.4 Å². The minimum absolute atomic E-state index is 0.0338. The molecule has 3 N–H and O–H groups in total. The number of nitrogens with two attached hydrogens (primary N) is 1. The molecule has 0 radical (unpaired) electrons. The number of ether oxygens (including phenoxy) is 1. The SMILES string of the molecule is COCCN(CCO)c1ncc(N)cc1Cl. The highest BCUT2D eigenvalue weighted by atomic mass is 35.5. The molecule has 0 saturated carbocycles. The van der Waals surface area contributed by atoms with E-state index in [0.717, 1.165) is 0 Å². The zero-order chi connectivity index (χ0) is 12.0. The van der Waals surface area contributed by atoms with Gasteiger partial charge in [-0.2, -0.15) is 0 Å². The van der Waals surface area contributed by atoms with Crippen molar-refractivity contribution >= 4 is 23.1 Å². The Labute approximate surface area is 99.8 Å². The van der Waals surface area contributed by atoms with Crippen molar-refractivity contribution in [2.75, 3.05) is 44.0 Å².